The van der Waals surface area contributed by atoms with Gasteiger partial charge < -0.3 is 19.8 Å². The molecule has 0 spiro atoms. The zero-order valence-corrected chi connectivity index (χ0v) is 48.1. The third kappa shape index (κ3) is 55.5. The highest BCUT2D eigenvalue weighted by Crippen LogP contribution is 2.43. The molecule has 0 saturated carbocycles. The zero-order valence-electron chi connectivity index (χ0n) is 47.2. The van der Waals surface area contributed by atoms with Gasteiger partial charge in [0.2, 0.25) is 5.91 Å². The van der Waals surface area contributed by atoms with Crippen LogP contribution in [0.4, 0.5) is 0 Å². The Kier molecular flexibility index (Phi) is 51.3. The zero-order chi connectivity index (χ0) is 52.0. The Hall–Kier alpha value is -2.06. The van der Waals surface area contributed by atoms with Gasteiger partial charge >= 0.3 is 7.82 Å². The summed E-state index contributed by atoms with van der Waals surface area (Å²) in [6.07, 6.45) is 73.4. The summed E-state index contributed by atoms with van der Waals surface area (Å²) in [5.41, 5.74) is 0. The molecule has 0 saturated heterocycles. The van der Waals surface area contributed by atoms with Crippen LogP contribution in [-0.4, -0.2) is 73.4 Å². The van der Waals surface area contributed by atoms with E-state index in [0.717, 1.165) is 64.2 Å². The molecule has 0 radical (unpaired) electrons. The van der Waals surface area contributed by atoms with Crippen molar-refractivity contribution < 1.29 is 32.9 Å². The van der Waals surface area contributed by atoms with E-state index in [1.54, 1.807) is 6.08 Å². The largest absolute Gasteiger partial charge is 0.472 e. The monoisotopic (exact) mass is 1020 g/mol. The van der Waals surface area contributed by atoms with Gasteiger partial charge in [-0.2, -0.15) is 0 Å². The molecule has 9 heteroatoms. The van der Waals surface area contributed by atoms with Gasteiger partial charge in [0, 0.05) is 6.42 Å². The van der Waals surface area contributed by atoms with E-state index >= 15 is 0 Å². The number of hydrogen-bond acceptors (Lipinski definition) is 5. The number of nitrogens with zero attached hydrogens (tertiary/aromatic N) is 1. The molecule has 0 aliphatic rings. The Morgan fingerprint density at radius 1 is 0.493 bits per heavy atom. The van der Waals surface area contributed by atoms with Gasteiger partial charge in [-0.3, -0.25) is 13.8 Å². The molecule has 0 aliphatic carbocycles. The fraction of sp³-hybridized carbons (Fsp3) is 0.790. The summed E-state index contributed by atoms with van der Waals surface area (Å²) in [4.78, 5) is 23.2. The lowest BCUT2D eigenvalue weighted by Crippen LogP contribution is -2.45. The van der Waals surface area contributed by atoms with Crippen LogP contribution in [0, 0.1) is 0 Å². The molecule has 71 heavy (non-hydrogen) atoms. The van der Waals surface area contributed by atoms with Crippen molar-refractivity contribution in [3.05, 3.63) is 72.9 Å². The Balaban J connectivity index is 3.84. The molecule has 0 rings (SSSR count). The summed E-state index contributed by atoms with van der Waals surface area (Å²) < 4.78 is 23.6. The second kappa shape index (κ2) is 52.8. The number of allylic oxidation sites excluding steroid dienone is 11. The second-order valence-electron chi connectivity index (χ2n) is 21.3. The maximum absolute atomic E-state index is 12.9. The molecule has 414 valence electrons. The number of rotatable bonds is 54. The number of aliphatic hydroxyl groups excluding tert-OH is 1. The van der Waals surface area contributed by atoms with Gasteiger partial charge in [0.15, 0.2) is 0 Å². The lowest BCUT2D eigenvalue weighted by atomic mass is 10.0. The smallest absolute Gasteiger partial charge is 0.387 e. The van der Waals surface area contributed by atoms with Gasteiger partial charge in [0.1, 0.15) is 13.2 Å². The fourth-order valence-electron chi connectivity index (χ4n) is 8.52. The van der Waals surface area contributed by atoms with Crippen LogP contribution in [0.15, 0.2) is 72.9 Å². The minimum Gasteiger partial charge on any atom is -0.387 e. The van der Waals surface area contributed by atoms with Crippen LogP contribution >= 0.6 is 7.82 Å². The molecular formula is C62H116N2O6P+. The van der Waals surface area contributed by atoms with E-state index in [1.165, 1.54) is 180 Å². The number of quaternary nitrogens is 1. The van der Waals surface area contributed by atoms with Crippen LogP contribution in [0.25, 0.3) is 0 Å². The first kappa shape index (κ1) is 68.9. The molecule has 0 aromatic heterocycles. The van der Waals surface area contributed by atoms with Crippen molar-refractivity contribution in [1.29, 1.82) is 0 Å². The van der Waals surface area contributed by atoms with E-state index in [0.29, 0.717) is 17.4 Å². The average Bonchev–Trinajstić information content (AvgIpc) is 3.33. The Morgan fingerprint density at radius 2 is 0.859 bits per heavy atom. The molecule has 0 heterocycles. The highest BCUT2D eigenvalue weighted by atomic mass is 31.2. The van der Waals surface area contributed by atoms with Gasteiger partial charge in [0.05, 0.1) is 39.9 Å². The number of phosphoric acid groups is 1. The van der Waals surface area contributed by atoms with Gasteiger partial charge in [0.25, 0.3) is 0 Å². The quantitative estimate of drug-likeness (QED) is 0.0243. The topological polar surface area (TPSA) is 105 Å². The highest BCUT2D eigenvalue weighted by molar-refractivity contribution is 7.47. The van der Waals surface area contributed by atoms with E-state index in [9.17, 15) is 19.4 Å². The summed E-state index contributed by atoms with van der Waals surface area (Å²) in [5, 5.41) is 13.8. The average molecular weight is 1020 g/mol. The van der Waals surface area contributed by atoms with Crippen LogP contribution in [0.2, 0.25) is 0 Å². The van der Waals surface area contributed by atoms with Crippen molar-refractivity contribution in [3.8, 4) is 0 Å². The summed E-state index contributed by atoms with van der Waals surface area (Å²) in [6, 6.07) is -0.861. The molecule has 3 unspecified atom stereocenters. The normalized spacial score (nSPS) is 14.4. The predicted molar refractivity (Wildman–Crippen MR) is 309 cm³/mol. The van der Waals surface area contributed by atoms with Crippen molar-refractivity contribution >= 4 is 13.7 Å². The maximum Gasteiger partial charge on any atom is 0.472 e. The number of unbranched alkanes of at least 4 members (excludes halogenated alkanes) is 31. The molecule has 8 nitrogen and oxygen atoms in total. The van der Waals surface area contributed by atoms with Gasteiger partial charge in [-0.25, -0.2) is 4.57 Å². The number of hydrogen-bond donors (Lipinski definition) is 3. The minimum absolute atomic E-state index is 0.0559. The number of amides is 1. The summed E-state index contributed by atoms with van der Waals surface area (Å²) in [5.74, 6) is -0.186. The van der Waals surface area contributed by atoms with Crippen molar-refractivity contribution in [2.75, 3.05) is 40.9 Å². The predicted octanol–water partition coefficient (Wildman–Crippen LogP) is 18.3. The van der Waals surface area contributed by atoms with Crippen molar-refractivity contribution in [1.82, 2.24) is 5.32 Å². The third-order valence-electron chi connectivity index (χ3n) is 13.2. The second-order valence-corrected chi connectivity index (χ2v) is 22.8. The molecule has 1 amide bonds. The van der Waals surface area contributed by atoms with Gasteiger partial charge in [-0.15, -0.1) is 0 Å². The molecule has 0 aromatic rings. The van der Waals surface area contributed by atoms with Crippen LogP contribution < -0.4 is 5.32 Å². The van der Waals surface area contributed by atoms with Crippen LogP contribution in [0.1, 0.15) is 264 Å². The molecule has 0 bridgehead atoms. The maximum atomic E-state index is 12.9. The standard InChI is InChI=1S/C62H115N2O6P/c1-6-8-10-12-14-16-18-19-20-21-22-23-24-25-26-27-28-29-30-31-32-33-34-35-36-37-38-39-40-41-42-43-44-45-46-48-50-52-54-56-62(66)63-60(59-70-71(67,68)69-58-57-64(3,4)5)61(65)55-53-51-49-47-17-15-13-11-9-7-2/h8,10,14,16-17,19-20,22-23,47,53,55,60-61,65H,6-7,9,11-13,15,18,21,24-46,48-52,54,56-59H2,1-5H3,(H-,63,66,67,68)/p+1/b10-8-,16-14-,20-19-,23-22-,47-17+,55-53+. The minimum atomic E-state index is -4.35. The van der Waals surface area contributed by atoms with Gasteiger partial charge in [-0.05, 0) is 70.6 Å². The number of aliphatic hydroxyl groups is 1. The van der Waals surface area contributed by atoms with E-state index in [-0.39, 0.29) is 19.1 Å². The first-order valence-corrected chi connectivity index (χ1v) is 31.3. The summed E-state index contributed by atoms with van der Waals surface area (Å²) in [6.45, 7) is 4.65. The first-order chi connectivity index (χ1) is 34.5. The Morgan fingerprint density at radius 3 is 1.30 bits per heavy atom. The van der Waals surface area contributed by atoms with E-state index in [2.05, 4.69) is 79.9 Å². The Labute approximate surface area is 440 Å². The number of carbonyl (C=O) groups excluding carboxylic acids is 1. The van der Waals surface area contributed by atoms with Crippen molar-refractivity contribution in [2.45, 2.75) is 276 Å². The van der Waals surface area contributed by atoms with E-state index in [1.807, 2.05) is 27.2 Å². The molecule has 0 aliphatic heterocycles. The number of phosphoric ester groups is 1. The lowest BCUT2D eigenvalue weighted by Gasteiger charge is -2.25. The van der Waals surface area contributed by atoms with E-state index < -0.39 is 20.0 Å². The third-order valence-corrected chi connectivity index (χ3v) is 14.1. The van der Waals surface area contributed by atoms with Crippen LogP contribution in [0.3, 0.4) is 0 Å². The molecule has 3 atom stereocenters. The number of carbonyl (C=O) groups is 1. The SMILES string of the molecule is CC/C=C\C/C=C\C/C=C\C/C=C\CCCCCCCCCCCCCCCCCCCCCCCCCCCCC(=O)NC(COP(=O)(O)OCC[N+](C)(C)C)C(O)/C=C/CC/C=C/CCCCCC. The number of nitrogens with one attached hydrogen (secondary N) is 1. The Bertz CT molecular complexity index is 1380. The summed E-state index contributed by atoms with van der Waals surface area (Å²) >= 11 is 0. The van der Waals surface area contributed by atoms with Crippen molar-refractivity contribution in [3.63, 3.8) is 0 Å². The molecule has 3 N–H and O–H groups in total. The lowest BCUT2D eigenvalue weighted by molar-refractivity contribution is -0.870. The van der Waals surface area contributed by atoms with E-state index in [4.69, 9.17) is 9.05 Å². The number of likely N-dealkylation sites (N-methyl/N-ethyl adjacent to an activating group) is 1. The van der Waals surface area contributed by atoms with Crippen LogP contribution in [0.5, 0.6) is 0 Å². The fourth-order valence-corrected chi connectivity index (χ4v) is 9.26. The molecule has 0 aromatic carbocycles. The molecular weight excluding hydrogens is 900 g/mol. The van der Waals surface area contributed by atoms with Gasteiger partial charge in [-0.1, -0.05) is 260 Å². The highest BCUT2D eigenvalue weighted by Gasteiger charge is 2.27. The van der Waals surface area contributed by atoms with Crippen LogP contribution in [-0.2, 0) is 18.4 Å². The summed E-state index contributed by atoms with van der Waals surface area (Å²) in [7, 11) is 1.56. The van der Waals surface area contributed by atoms with Crippen molar-refractivity contribution in [2.24, 2.45) is 0 Å². The molecule has 0 fully saturated rings. The first-order valence-electron chi connectivity index (χ1n) is 29.8.